The first-order valence-electron chi connectivity index (χ1n) is 10.9. The fraction of sp³-hybridized carbons (Fsp3) is 0.591. The number of ether oxygens (including phenoxy) is 1. The number of halogens is 3. The summed E-state index contributed by atoms with van der Waals surface area (Å²) in [7, 11) is 0. The van der Waals surface area contributed by atoms with Gasteiger partial charge in [0.15, 0.2) is 5.17 Å². The summed E-state index contributed by atoms with van der Waals surface area (Å²) in [6.07, 6.45) is 2.42. The smallest absolute Gasteiger partial charge is 0.406 e. The number of aliphatic imine (C=N–C) groups is 1. The van der Waals surface area contributed by atoms with Crippen molar-refractivity contribution in [1.82, 2.24) is 5.32 Å². The molecule has 6 rings (SSSR count). The highest BCUT2D eigenvalue weighted by atomic mass is 32.2. The Bertz CT molecular complexity index is 913. The molecule has 6 nitrogen and oxygen atoms in total. The number of amides is 2. The number of hydrogen-bond acceptors (Lipinski definition) is 5. The fourth-order valence-corrected chi connectivity index (χ4v) is 7.21. The number of thioether (sulfide) groups is 1. The molecule has 0 aromatic heterocycles. The first-order chi connectivity index (χ1) is 15.1. The summed E-state index contributed by atoms with van der Waals surface area (Å²) in [6.45, 7) is 0. The van der Waals surface area contributed by atoms with Crippen molar-refractivity contribution in [1.29, 1.82) is 0 Å². The van der Waals surface area contributed by atoms with Gasteiger partial charge in [-0.25, -0.2) is 0 Å². The number of hydrogen-bond donors (Lipinski definition) is 2. The molecule has 5 aliphatic rings. The molecule has 1 saturated heterocycles. The molecule has 32 heavy (non-hydrogen) atoms. The van der Waals surface area contributed by atoms with Crippen molar-refractivity contribution < 1.29 is 27.5 Å². The highest BCUT2D eigenvalue weighted by Gasteiger charge is 2.51. The number of nitrogens with one attached hydrogen (secondary N) is 2. The van der Waals surface area contributed by atoms with Gasteiger partial charge < -0.3 is 15.4 Å². The number of amidine groups is 1. The summed E-state index contributed by atoms with van der Waals surface area (Å²) in [5.41, 5.74) is 0.275. The van der Waals surface area contributed by atoms with Crippen LogP contribution in [0.25, 0.3) is 0 Å². The van der Waals surface area contributed by atoms with Crippen molar-refractivity contribution in [3.63, 3.8) is 0 Å². The summed E-state index contributed by atoms with van der Waals surface area (Å²) in [4.78, 5) is 29.8. The lowest BCUT2D eigenvalue weighted by molar-refractivity contribution is -0.274. The zero-order chi connectivity index (χ0) is 22.5. The Morgan fingerprint density at radius 1 is 1.12 bits per heavy atom. The number of alkyl halides is 3. The quantitative estimate of drug-likeness (QED) is 0.670. The summed E-state index contributed by atoms with van der Waals surface area (Å²) in [6, 6.07) is 4.88. The second kappa shape index (κ2) is 7.97. The second-order valence-corrected chi connectivity index (χ2v) is 10.7. The molecule has 4 bridgehead atoms. The van der Waals surface area contributed by atoms with Gasteiger partial charge in [0, 0.05) is 12.1 Å². The Morgan fingerprint density at radius 3 is 2.28 bits per heavy atom. The van der Waals surface area contributed by atoms with Gasteiger partial charge in [-0.3, -0.25) is 14.6 Å². The Labute approximate surface area is 187 Å². The van der Waals surface area contributed by atoms with E-state index < -0.39 is 17.5 Å². The largest absolute Gasteiger partial charge is 0.573 e. The molecule has 1 heterocycles. The Balaban J connectivity index is 1.17. The van der Waals surface area contributed by atoms with Crippen LogP contribution in [0.4, 0.5) is 18.9 Å². The summed E-state index contributed by atoms with van der Waals surface area (Å²) in [5, 5.41) is 5.50. The minimum atomic E-state index is -4.77. The number of rotatable bonds is 5. The Kier molecular flexibility index (Phi) is 5.38. The van der Waals surface area contributed by atoms with Gasteiger partial charge in [0.2, 0.25) is 11.8 Å². The zero-order valence-electron chi connectivity index (χ0n) is 17.3. The molecule has 1 atom stereocenters. The summed E-state index contributed by atoms with van der Waals surface area (Å²) >= 11 is 1.30. The van der Waals surface area contributed by atoms with Crippen LogP contribution >= 0.6 is 11.8 Å². The lowest BCUT2D eigenvalue weighted by Gasteiger charge is -2.55. The van der Waals surface area contributed by atoms with Gasteiger partial charge in [-0.1, -0.05) is 11.8 Å². The van der Waals surface area contributed by atoms with Crippen LogP contribution in [0.5, 0.6) is 5.75 Å². The van der Waals surface area contributed by atoms with E-state index in [0.717, 1.165) is 49.1 Å². The van der Waals surface area contributed by atoms with Gasteiger partial charge in [-0.2, -0.15) is 0 Å². The number of carbonyl (C=O) groups is 2. The summed E-state index contributed by atoms with van der Waals surface area (Å²) < 4.78 is 40.5. The van der Waals surface area contributed by atoms with Crippen LogP contribution in [0.15, 0.2) is 29.3 Å². The molecule has 10 heteroatoms. The van der Waals surface area contributed by atoms with Gasteiger partial charge >= 0.3 is 6.36 Å². The molecule has 1 aromatic carbocycles. The van der Waals surface area contributed by atoms with Crippen molar-refractivity contribution in [3.05, 3.63) is 24.3 Å². The van der Waals surface area contributed by atoms with Crippen molar-refractivity contribution >= 4 is 34.4 Å². The van der Waals surface area contributed by atoms with E-state index in [4.69, 9.17) is 4.99 Å². The van der Waals surface area contributed by atoms with E-state index in [1.165, 1.54) is 43.2 Å². The molecule has 0 spiro atoms. The first kappa shape index (κ1) is 21.6. The fourth-order valence-electron chi connectivity index (χ4n) is 6.13. The van der Waals surface area contributed by atoms with E-state index in [1.807, 2.05) is 0 Å². The first-order valence-corrected chi connectivity index (χ1v) is 11.8. The third-order valence-corrected chi connectivity index (χ3v) is 7.95. The van der Waals surface area contributed by atoms with Crippen molar-refractivity contribution in [3.8, 4) is 5.75 Å². The zero-order valence-corrected chi connectivity index (χ0v) is 18.1. The maximum Gasteiger partial charge on any atom is 0.573 e. The number of carbonyl (C=O) groups excluding carboxylic acids is 2. The standard InChI is InChI=1S/C22H24F3N3O3S/c23-22(24,25)31-16-3-1-15(2-4-16)26-18(29)8-17-19(30)27-20(32-17)28-21-9-12-5-13(10-21)7-14(6-12)11-21/h1-4,12-14,17H,5-11H2,(H,26,29)(H,27,28,30). The molecule has 4 aliphatic carbocycles. The minimum absolute atomic E-state index is 0.0444. The van der Waals surface area contributed by atoms with Gasteiger partial charge in [-0.15, -0.1) is 13.2 Å². The van der Waals surface area contributed by atoms with Gasteiger partial charge in [0.25, 0.3) is 0 Å². The molecule has 172 valence electrons. The normalized spacial score (nSPS) is 34.6. The number of benzene rings is 1. The van der Waals surface area contributed by atoms with Crippen LogP contribution in [-0.2, 0) is 9.59 Å². The SMILES string of the molecule is O=C(CC1SC(=NC23CC4CC(CC(C4)C2)C3)NC1=O)Nc1ccc(OC(F)(F)F)cc1. The van der Waals surface area contributed by atoms with Crippen LogP contribution in [0, 0.1) is 17.8 Å². The second-order valence-electron chi connectivity index (χ2n) is 9.48. The van der Waals surface area contributed by atoms with E-state index in [2.05, 4.69) is 15.4 Å². The minimum Gasteiger partial charge on any atom is -0.406 e. The highest BCUT2D eigenvalue weighted by Crippen LogP contribution is 2.57. The molecule has 4 saturated carbocycles. The summed E-state index contributed by atoms with van der Waals surface area (Å²) in [5.74, 6) is 1.26. The van der Waals surface area contributed by atoms with Gasteiger partial charge in [0.05, 0.1) is 5.54 Å². The number of nitrogens with zero attached hydrogens (tertiary/aromatic N) is 1. The van der Waals surface area contributed by atoms with Crippen molar-refractivity contribution in [2.24, 2.45) is 22.7 Å². The molecule has 2 amide bonds. The monoisotopic (exact) mass is 467 g/mol. The van der Waals surface area contributed by atoms with Crippen molar-refractivity contribution in [2.75, 3.05) is 5.32 Å². The lowest BCUT2D eigenvalue weighted by atomic mass is 9.53. The highest BCUT2D eigenvalue weighted by molar-refractivity contribution is 8.15. The molecule has 1 aromatic rings. The van der Waals surface area contributed by atoms with E-state index >= 15 is 0 Å². The van der Waals surface area contributed by atoms with Crippen LogP contribution in [-0.4, -0.2) is 34.1 Å². The molecule has 5 fully saturated rings. The van der Waals surface area contributed by atoms with Gasteiger partial charge in [0.1, 0.15) is 11.0 Å². The van der Waals surface area contributed by atoms with Crippen LogP contribution in [0.1, 0.15) is 44.9 Å². The topological polar surface area (TPSA) is 79.8 Å². The van der Waals surface area contributed by atoms with Crippen LogP contribution in [0.2, 0.25) is 0 Å². The van der Waals surface area contributed by atoms with E-state index in [1.54, 1.807) is 0 Å². The predicted molar refractivity (Wildman–Crippen MR) is 114 cm³/mol. The molecule has 1 aliphatic heterocycles. The Morgan fingerprint density at radius 2 is 1.72 bits per heavy atom. The average molecular weight is 468 g/mol. The molecule has 1 unspecified atom stereocenters. The molecular formula is C22H24F3N3O3S. The van der Waals surface area contributed by atoms with Crippen LogP contribution < -0.4 is 15.4 Å². The third kappa shape index (κ3) is 4.74. The predicted octanol–water partition coefficient (Wildman–Crippen LogP) is 4.47. The number of anilines is 1. The average Bonchev–Trinajstić information content (AvgIpc) is 2.99. The van der Waals surface area contributed by atoms with E-state index in [9.17, 15) is 22.8 Å². The molecule has 2 N–H and O–H groups in total. The third-order valence-electron chi connectivity index (χ3n) is 6.86. The lowest BCUT2D eigenvalue weighted by Crippen LogP contribution is -2.50. The Hall–Kier alpha value is -2.23. The maximum absolute atomic E-state index is 12.4. The van der Waals surface area contributed by atoms with Crippen molar-refractivity contribution in [2.45, 2.75) is 62.1 Å². The van der Waals surface area contributed by atoms with Gasteiger partial charge in [-0.05, 0) is 80.5 Å². The maximum atomic E-state index is 12.4. The van der Waals surface area contributed by atoms with E-state index in [0.29, 0.717) is 10.9 Å². The van der Waals surface area contributed by atoms with E-state index in [-0.39, 0.29) is 23.6 Å². The van der Waals surface area contributed by atoms with Crippen LogP contribution in [0.3, 0.4) is 0 Å². The molecular weight excluding hydrogens is 443 g/mol. The molecule has 0 radical (unpaired) electrons.